The standard InChI is InChI=1S/C29H34FN3O5S/c1-20(2)31-29(35)22(4)32(18-23-8-10-24(30)11-9-23)28(34)19-33(25-12-6-21(3)7-13-25)39(36,37)27-16-14-26(38-5)15-17-27/h6-17,20,22H,18-19H2,1-5H3,(H,31,35)/t22-/m0/s1. The van der Waals surface area contributed by atoms with Crippen molar-refractivity contribution in [2.45, 2.75) is 51.2 Å². The summed E-state index contributed by atoms with van der Waals surface area (Å²) in [5.41, 5.74) is 1.81. The Balaban J connectivity index is 2.02. The number of hydrogen-bond acceptors (Lipinski definition) is 5. The highest BCUT2D eigenvalue weighted by atomic mass is 32.2. The topological polar surface area (TPSA) is 96.0 Å². The van der Waals surface area contributed by atoms with E-state index in [-0.39, 0.29) is 23.4 Å². The molecule has 3 aromatic carbocycles. The van der Waals surface area contributed by atoms with Crippen molar-refractivity contribution in [1.82, 2.24) is 10.2 Å². The van der Waals surface area contributed by atoms with E-state index in [4.69, 9.17) is 4.74 Å². The van der Waals surface area contributed by atoms with Crippen molar-refractivity contribution in [3.05, 3.63) is 89.7 Å². The second kappa shape index (κ2) is 12.8. The van der Waals surface area contributed by atoms with E-state index < -0.39 is 34.3 Å². The fourth-order valence-electron chi connectivity index (χ4n) is 3.89. The number of carbonyl (C=O) groups is 2. The molecule has 208 valence electrons. The van der Waals surface area contributed by atoms with Gasteiger partial charge in [-0.05, 0) is 81.8 Å². The second-order valence-electron chi connectivity index (χ2n) is 9.51. The SMILES string of the molecule is COc1ccc(S(=O)(=O)N(CC(=O)N(Cc2ccc(F)cc2)[C@@H](C)C(=O)NC(C)C)c2ccc(C)cc2)cc1. The first-order valence-corrected chi connectivity index (χ1v) is 13.9. The average molecular weight is 556 g/mol. The van der Waals surface area contributed by atoms with Crippen LogP contribution in [0, 0.1) is 12.7 Å². The number of halogens is 1. The monoisotopic (exact) mass is 555 g/mol. The fourth-order valence-corrected chi connectivity index (χ4v) is 5.30. The van der Waals surface area contributed by atoms with Gasteiger partial charge in [0.15, 0.2) is 0 Å². The van der Waals surface area contributed by atoms with Gasteiger partial charge in [0.25, 0.3) is 10.0 Å². The molecular weight excluding hydrogens is 521 g/mol. The molecule has 0 fully saturated rings. The van der Waals surface area contributed by atoms with Crippen molar-refractivity contribution in [3.8, 4) is 5.75 Å². The maximum absolute atomic E-state index is 13.8. The van der Waals surface area contributed by atoms with E-state index in [2.05, 4.69) is 5.32 Å². The summed E-state index contributed by atoms with van der Waals surface area (Å²) < 4.78 is 47.3. The van der Waals surface area contributed by atoms with E-state index in [0.717, 1.165) is 9.87 Å². The first-order chi connectivity index (χ1) is 18.4. The third-order valence-electron chi connectivity index (χ3n) is 6.11. The number of amides is 2. The molecule has 0 saturated heterocycles. The van der Waals surface area contributed by atoms with Crippen LogP contribution in [-0.4, -0.2) is 50.9 Å². The normalized spacial score (nSPS) is 12.1. The highest BCUT2D eigenvalue weighted by Gasteiger charge is 2.32. The smallest absolute Gasteiger partial charge is 0.264 e. The van der Waals surface area contributed by atoms with Gasteiger partial charge in [-0.1, -0.05) is 29.8 Å². The van der Waals surface area contributed by atoms with Crippen molar-refractivity contribution in [2.24, 2.45) is 0 Å². The molecule has 0 radical (unpaired) electrons. The zero-order valence-electron chi connectivity index (χ0n) is 22.7. The molecule has 0 heterocycles. The molecule has 2 amide bonds. The highest BCUT2D eigenvalue weighted by Crippen LogP contribution is 2.26. The minimum atomic E-state index is -4.18. The van der Waals surface area contributed by atoms with E-state index in [1.54, 1.807) is 45.0 Å². The molecule has 1 N–H and O–H groups in total. The molecule has 0 aliphatic heterocycles. The van der Waals surface area contributed by atoms with Gasteiger partial charge in [-0.3, -0.25) is 13.9 Å². The van der Waals surface area contributed by atoms with Crippen molar-refractivity contribution in [1.29, 1.82) is 0 Å². The number of nitrogens with zero attached hydrogens (tertiary/aromatic N) is 2. The van der Waals surface area contributed by atoms with Crippen molar-refractivity contribution >= 4 is 27.5 Å². The third kappa shape index (κ3) is 7.57. The van der Waals surface area contributed by atoms with Crippen LogP contribution in [0.4, 0.5) is 10.1 Å². The lowest BCUT2D eigenvalue weighted by Crippen LogP contribution is -2.52. The Bertz CT molecular complexity index is 1380. The molecule has 39 heavy (non-hydrogen) atoms. The van der Waals surface area contributed by atoms with E-state index in [1.165, 1.54) is 60.5 Å². The summed E-state index contributed by atoms with van der Waals surface area (Å²) in [5, 5.41) is 2.79. The molecule has 3 aromatic rings. The number of carbonyl (C=O) groups excluding carboxylic acids is 2. The molecule has 1 atom stereocenters. The summed E-state index contributed by atoms with van der Waals surface area (Å²) in [7, 11) is -2.70. The zero-order chi connectivity index (χ0) is 28.7. The predicted molar refractivity (Wildman–Crippen MR) is 148 cm³/mol. The Kier molecular flexibility index (Phi) is 9.69. The first-order valence-electron chi connectivity index (χ1n) is 12.5. The quantitative estimate of drug-likeness (QED) is 0.381. The number of ether oxygens (including phenoxy) is 1. The maximum Gasteiger partial charge on any atom is 0.264 e. The van der Waals surface area contributed by atoms with Crippen molar-refractivity contribution < 1.29 is 27.1 Å². The summed E-state index contributed by atoms with van der Waals surface area (Å²) in [4.78, 5) is 28.0. The summed E-state index contributed by atoms with van der Waals surface area (Å²) in [5.74, 6) is -0.926. The van der Waals surface area contributed by atoms with Gasteiger partial charge in [-0.25, -0.2) is 12.8 Å². The van der Waals surface area contributed by atoms with Gasteiger partial charge in [0, 0.05) is 12.6 Å². The number of aryl methyl sites for hydroxylation is 1. The fraction of sp³-hybridized carbons (Fsp3) is 0.310. The minimum Gasteiger partial charge on any atom is -0.497 e. The van der Waals surface area contributed by atoms with E-state index in [9.17, 15) is 22.4 Å². The number of sulfonamides is 1. The van der Waals surface area contributed by atoms with Crippen LogP contribution in [0.2, 0.25) is 0 Å². The molecule has 0 aliphatic carbocycles. The van der Waals surface area contributed by atoms with Crippen LogP contribution in [-0.2, 0) is 26.2 Å². The van der Waals surface area contributed by atoms with Gasteiger partial charge in [-0.2, -0.15) is 0 Å². The number of hydrogen-bond donors (Lipinski definition) is 1. The molecular formula is C29H34FN3O5S. The molecule has 0 bridgehead atoms. The number of methoxy groups -OCH3 is 1. The first kappa shape index (κ1) is 29.6. The lowest BCUT2D eigenvalue weighted by atomic mass is 10.1. The highest BCUT2D eigenvalue weighted by molar-refractivity contribution is 7.92. The van der Waals surface area contributed by atoms with Crippen LogP contribution in [0.25, 0.3) is 0 Å². The lowest BCUT2D eigenvalue weighted by Gasteiger charge is -2.32. The second-order valence-corrected chi connectivity index (χ2v) is 11.4. The summed E-state index contributed by atoms with van der Waals surface area (Å²) in [6, 6.07) is 17.1. The van der Waals surface area contributed by atoms with Gasteiger partial charge in [0.1, 0.15) is 24.2 Å². The number of anilines is 1. The van der Waals surface area contributed by atoms with Crippen molar-refractivity contribution in [3.63, 3.8) is 0 Å². The van der Waals surface area contributed by atoms with Crippen LogP contribution in [0.15, 0.2) is 77.7 Å². The molecule has 0 aliphatic rings. The number of rotatable bonds is 11. The number of nitrogens with one attached hydrogen (secondary N) is 1. The zero-order valence-corrected chi connectivity index (χ0v) is 23.5. The Morgan fingerprint density at radius 2 is 1.51 bits per heavy atom. The van der Waals surface area contributed by atoms with Crippen LogP contribution in [0.5, 0.6) is 5.75 Å². The molecule has 0 unspecified atom stereocenters. The molecule has 3 rings (SSSR count). The summed E-state index contributed by atoms with van der Waals surface area (Å²) in [6.45, 7) is 6.48. The van der Waals surface area contributed by atoms with Gasteiger partial charge in [0.05, 0.1) is 17.7 Å². The van der Waals surface area contributed by atoms with Crippen molar-refractivity contribution in [2.75, 3.05) is 18.0 Å². The van der Waals surface area contributed by atoms with Crippen LogP contribution >= 0.6 is 0 Å². The Morgan fingerprint density at radius 1 is 0.923 bits per heavy atom. The van der Waals surface area contributed by atoms with Crippen LogP contribution in [0.1, 0.15) is 31.9 Å². The molecule has 10 heteroatoms. The number of benzene rings is 3. The van der Waals surface area contributed by atoms with Crippen LogP contribution < -0.4 is 14.4 Å². The summed E-state index contributed by atoms with van der Waals surface area (Å²) >= 11 is 0. The van der Waals surface area contributed by atoms with Gasteiger partial charge in [0.2, 0.25) is 11.8 Å². The summed E-state index contributed by atoms with van der Waals surface area (Å²) in [6.07, 6.45) is 0. The van der Waals surface area contributed by atoms with Crippen LogP contribution in [0.3, 0.4) is 0 Å². The molecule has 0 saturated carbocycles. The third-order valence-corrected chi connectivity index (χ3v) is 7.90. The molecule has 0 spiro atoms. The largest absolute Gasteiger partial charge is 0.497 e. The lowest BCUT2D eigenvalue weighted by molar-refractivity contribution is -0.139. The van der Waals surface area contributed by atoms with E-state index >= 15 is 0 Å². The molecule has 0 aromatic heterocycles. The van der Waals surface area contributed by atoms with E-state index in [0.29, 0.717) is 17.0 Å². The predicted octanol–water partition coefficient (Wildman–Crippen LogP) is 4.28. The Morgan fingerprint density at radius 3 is 2.05 bits per heavy atom. The van der Waals surface area contributed by atoms with Gasteiger partial charge in [-0.15, -0.1) is 0 Å². The minimum absolute atomic E-state index is 0.0177. The average Bonchev–Trinajstić information content (AvgIpc) is 2.91. The Labute approximate surface area is 229 Å². The Hall–Kier alpha value is -3.92. The van der Waals surface area contributed by atoms with Gasteiger partial charge >= 0.3 is 0 Å². The van der Waals surface area contributed by atoms with E-state index in [1.807, 2.05) is 6.92 Å². The van der Waals surface area contributed by atoms with Gasteiger partial charge < -0.3 is 15.0 Å². The molecule has 8 nitrogen and oxygen atoms in total. The maximum atomic E-state index is 13.8.